The van der Waals surface area contributed by atoms with E-state index in [0.717, 1.165) is 48.1 Å². The molecule has 1 aliphatic heterocycles. The largest absolute Gasteiger partial charge is 0.300 e. The van der Waals surface area contributed by atoms with Crippen LogP contribution in [0, 0.1) is 11.8 Å². The van der Waals surface area contributed by atoms with Crippen LogP contribution in [0.5, 0.6) is 0 Å². The third-order valence-electron chi connectivity index (χ3n) is 4.54. The Morgan fingerprint density at radius 3 is 2.75 bits per heavy atom. The lowest BCUT2D eigenvalue weighted by Gasteiger charge is -2.31. The molecular weight excluding hydrogens is 435 g/mol. The van der Waals surface area contributed by atoms with Crippen LogP contribution in [-0.4, -0.2) is 39.8 Å². The summed E-state index contributed by atoms with van der Waals surface area (Å²) in [6.45, 7) is 6.84. The van der Waals surface area contributed by atoms with Crippen molar-refractivity contribution in [1.29, 1.82) is 0 Å². The summed E-state index contributed by atoms with van der Waals surface area (Å²) in [5, 5.41) is 13.1. The van der Waals surface area contributed by atoms with E-state index in [-0.39, 0.29) is 11.8 Å². The van der Waals surface area contributed by atoms with Crippen molar-refractivity contribution in [3.63, 3.8) is 0 Å². The monoisotopic (exact) mass is 458 g/mol. The number of nitrogens with one attached hydrogen (secondary N) is 1. The summed E-state index contributed by atoms with van der Waals surface area (Å²) < 4.78 is 0.902. The summed E-state index contributed by atoms with van der Waals surface area (Å²) in [6.07, 6.45) is 1.65. The zero-order valence-corrected chi connectivity index (χ0v) is 19.1. The molecule has 1 saturated heterocycles. The third kappa shape index (κ3) is 6.32. The van der Waals surface area contributed by atoms with Gasteiger partial charge in [-0.1, -0.05) is 66.2 Å². The van der Waals surface area contributed by atoms with Gasteiger partial charge < -0.3 is 5.32 Å². The van der Waals surface area contributed by atoms with Crippen LogP contribution < -0.4 is 5.32 Å². The molecule has 0 atom stereocenters. The first-order valence-electron chi connectivity index (χ1n) is 9.34. The second kappa shape index (κ2) is 10.3. The number of likely N-dealkylation sites (tertiary alicyclic amines) is 1. The van der Waals surface area contributed by atoms with Crippen molar-refractivity contribution < 1.29 is 4.79 Å². The van der Waals surface area contributed by atoms with E-state index in [1.807, 2.05) is 12.1 Å². The van der Waals surface area contributed by atoms with Crippen molar-refractivity contribution in [1.82, 2.24) is 15.1 Å². The number of amides is 1. The number of thioether (sulfide) groups is 1. The highest BCUT2D eigenvalue weighted by Gasteiger charge is 2.26. The molecule has 0 saturated carbocycles. The van der Waals surface area contributed by atoms with Crippen LogP contribution in [0.15, 0.2) is 22.5 Å². The van der Waals surface area contributed by atoms with Crippen molar-refractivity contribution in [2.75, 3.05) is 24.2 Å². The second-order valence-corrected chi connectivity index (χ2v) is 10.4. The van der Waals surface area contributed by atoms with Crippen LogP contribution in [-0.2, 0) is 11.3 Å². The summed E-state index contributed by atoms with van der Waals surface area (Å²) >= 11 is 15.4. The first-order chi connectivity index (χ1) is 13.4. The number of halogens is 2. The molecule has 1 amide bonds. The van der Waals surface area contributed by atoms with Gasteiger partial charge in [0.2, 0.25) is 11.0 Å². The minimum absolute atomic E-state index is 0.00704. The molecule has 1 fully saturated rings. The molecule has 1 aliphatic rings. The third-order valence-corrected chi connectivity index (χ3v) is 7.53. The summed E-state index contributed by atoms with van der Waals surface area (Å²) in [5.74, 6) is 1.65. The van der Waals surface area contributed by atoms with Crippen LogP contribution in [0.4, 0.5) is 5.13 Å². The number of carbonyl (C=O) groups excluding carboxylic acids is 1. The lowest BCUT2D eigenvalue weighted by Crippen LogP contribution is -2.37. The van der Waals surface area contributed by atoms with Gasteiger partial charge in [0, 0.05) is 28.3 Å². The Morgan fingerprint density at radius 1 is 1.32 bits per heavy atom. The molecule has 2 heterocycles. The van der Waals surface area contributed by atoms with E-state index in [2.05, 4.69) is 34.3 Å². The maximum Gasteiger partial charge on any atom is 0.229 e. The number of carbonyl (C=O) groups is 1. The summed E-state index contributed by atoms with van der Waals surface area (Å²) in [4.78, 5) is 14.9. The van der Waals surface area contributed by atoms with E-state index >= 15 is 0 Å². The number of piperidine rings is 1. The van der Waals surface area contributed by atoms with E-state index in [1.54, 1.807) is 17.8 Å². The molecule has 0 unspecified atom stereocenters. The van der Waals surface area contributed by atoms with Gasteiger partial charge in [0.15, 0.2) is 4.34 Å². The van der Waals surface area contributed by atoms with Gasteiger partial charge in [-0.25, -0.2) is 0 Å². The van der Waals surface area contributed by atoms with Crippen molar-refractivity contribution in [3.8, 4) is 0 Å². The lowest BCUT2D eigenvalue weighted by atomic mass is 9.95. The minimum Gasteiger partial charge on any atom is -0.300 e. The fraction of sp³-hybridized carbons (Fsp3) is 0.526. The van der Waals surface area contributed by atoms with Gasteiger partial charge in [-0.15, -0.1) is 10.2 Å². The molecule has 0 aliphatic carbocycles. The lowest BCUT2D eigenvalue weighted by molar-refractivity contribution is -0.121. The Kier molecular flexibility index (Phi) is 8.00. The predicted octanol–water partition coefficient (Wildman–Crippen LogP) is 5.44. The normalized spacial score (nSPS) is 15.9. The van der Waals surface area contributed by atoms with Crippen molar-refractivity contribution in [2.45, 2.75) is 37.6 Å². The van der Waals surface area contributed by atoms with Crippen LogP contribution in [0.3, 0.4) is 0 Å². The number of rotatable bonds is 7. The molecule has 28 heavy (non-hydrogen) atoms. The summed E-state index contributed by atoms with van der Waals surface area (Å²) in [5.41, 5.74) is 1.06. The molecule has 2 aromatic rings. The number of nitrogens with zero attached hydrogens (tertiary/aromatic N) is 3. The number of hydrogen-bond donors (Lipinski definition) is 1. The average Bonchev–Trinajstić information content (AvgIpc) is 3.10. The molecule has 0 radical (unpaired) electrons. The van der Waals surface area contributed by atoms with Gasteiger partial charge in [-0.3, -0.25) is 9.69 Å². The van der Waals surface area contributed by atoms with Gasteiger partial charge >= 0.3 is 0 Å². The number of anilines is 1. The first kappa shape index (κ1) is 21.8. The van der Waals surface area contributed by atoms with Gasteiger partial charge in [0.1, 0.15) is 0 Å². The molecule has 3 rings (SSSR count). The van der Waals surface area contributed by atoms with Crippen LogP contribution in [0.2, 0.25) is 10.0 Å². The van der Waals surface area contributed by atoms with Gasteiger partial charge in [0.05, 0.1) is 0 Å². The van der Waals surface area contributed by atoms with E-state index in [4.69, 9.17) is 23.2 Å². The minimum atomic E-state index is 0.00704. The van der Waals surface area contributed by atoms with Crippen molar-refractivity contribution in [2.24, 2.45) is 11.8 Å². The fourth-order valence-corrected chi connectivity index (χ4v) is 5.21. The first-order valence-corrected chi connectivity index (χ1v) is 11.9. The Labute approximate surface area is 184 Å². The highest BCUT2D eigenvalue weighted by atomic mass is 35.5. The smallest absolute Gasteiger partial charge is 0.229 e. The molecule has 0 bridgehead atoms. The Hall–Kier alpha value is -0.860. The van der Waals surface area contributed by atoms with E-state index < -0.39 is 0 Å². The zero-order chi connectivity index (χ0) is 20.1. The van der Waals surface area contributed by atoms with Crippen molar-refractivity contribution in [3.05, 3.63) is 33.8 Å². The second-order valence-electron chi connectivity index (χ2n) is 7.35. The highest BCUT2D eigenvalue weighted by molar-refractivity contribution is 8.01. The molecule has 0 spiro atoms. The summed E-state index contributed by atoms with van der Waals surface area (Å²) in [7, 11) is 0. The topological polar surface area (TPSA) is 58.1 Å². The molecule has 9 heteroatoms. The quantitative estimate of drug-likeness (QED) is 0.441. The standard InChI is InChI=1S/C19H24Cl2N4OS2/c1-12(2)11-27-19-24-23-18(28-19)22-17(26)13-5-7-25(8-6-13)10-14-3-4-15(20)9-16(14)21/h3-4,9,12-13H,5-8,10-11H2,1-2H3,(H,22,23,26). The Morgan fingerprint density at radius 2 is 2.07 bits per heavy atom. The number of hydrogen-bond acceptors (Lipinski definition) is 6. The zero-order valence-electron chi connectivity index (χ0n) is 16.0. The predicted molar refractivity (Wildman–Crippen MR) is 119 cm³/mol. The molecule has 1 aromatic heterocycles. The SMILES string of the molecule is CC(C)CSc1nnc(NC(=O)C2CCN(Cc3ccc(Cl)cc3Cl)CC2)s1. The number of benzene rings is 1. The Bertz CT molecular complexity index is 807. The summed E-state index contributed by atoms with van der Waals surface area (Å²) in [6, 6.07) is 5.60. The van der Waals surface area contributed by atoms with Gasteiger partial charge in [0.25, 0.3) is 0 Å². The maximum absolute atomic E-state index is 12.6. The Balaban J connectivity index is 1.46. The fourth-order valence-electron chi connectivity index (χ4n) is 3.01. The van der Waals surface area contributed by atoms with E-state index in [0.29, 0.717) is 21.1 Å². The number of aromatic nitrogens is 2. The molecule has 152 valence electrons. The molecule has 1 aromatic carbocycles. The van der Waals surface area contributed by atoms with Crippen LogP contribution in [0.1, 0.15) is 32.3 Å². The molecule has 5 nitrogen and oxygen atoms in total. The maximum atomic E-state index is 12.6. The molecular formula is C19H24Cl2N4OS2. The van der Waals surface area contributed by atoms with E-state index in [1.165, 1.54) is 11.3 Å². The highest BCUT2D eigenvalue weighted by Crippen LogP contribution is 2.29. The van der Waals surface area contributed by atoms with Gasteiger partial charge in [-0.05, 0) is 49.5 Å². The van der Waals surface area contributed by atoms with Crippen LogP contribution in [0.25, 0.3) is 0 Å². The van der Waals surface area contributed by atoms with Crippen LogP contribution >= 0.6 is 46.3 Å². The van der Waals surface area contributed by atoms with Gasteiger partial charge in [-0.2, -0.15) is 0 Å². The average molecular weight is 459 g/mol. The van der Waals surface area contributed by atoms with Crippen molar-refractivity contribution >= 4 is 57.3 Å². The van der Waals surface area contributed by atoms with E-state index in [9.17, 15) is 4.79 Å². The molecule has 1 N–H and O–H groups in total.